The lowest BCUT2D eigenvalue weighted by Gasteiger charge is -2.27. The molecule has 3 fully saturated rings. The predicted molar refractivity (Wildman–Crippen MR) is 228 cm³/mol. The van der Waals surface area contributed by atoms with Crippen LogP contribution >= 0.6 is 23.2 Å². The Hall–Kier alpha value is -5.26. The SMILES string of the molecule is COC1[C@@H](OP(=O)(O)OC[C@H]2O[C@@H](n3cnc4c(=O)[nH]c(N)nc43)C(O)[C@H]2OP(=O)(O)OC[C@H]2O[C@@H](n3cnc4c(=O)[nH]c(N)nc43)C(O)[C@H]2O)[C@@H](COP(C)(=O)O)O[C@H]1n1cnc2c(N)ncnc21. The van der Waals surface area contributed by atoms with Gasteiger partial charge in [-0.05, 0) is 0 Å². The highest BCUT2D eigenvalue weighted by molar-refractivity contribution is 7.51. The van der Waals surface area contributed by atoms with E-state index < -0.39 is 128 Å². The van der Waals surface area contributed by atoms with Gasteiger partial charge in [0.2, 0.25) is 11.9 Å². The molecule has 15 atom stereocenters. The minimum atomic E-state index is -5.45. The average molecular weight is 1050 g/mol. The summed E-state index contributed by atoms with van der Waals surface area (Å²) in [7, 11) is -13.9. The smallest absolute Gasteiger partial charge is 0.387 e. The maximum Gasteiger partial charge on any atom is 0.472 e. The molecule has 14 N–H and O–H groups in total. The Morgan fingerprint density at radius 3 is 1.66 bits per heavy atom. The molecule has 3 aliphatic rings. The van der Waals surface area contributed by atoms with E-state index >= 15 is 0 Å². The van der Waals surface area contributed by atoms with Gasteiger partial charge < -0.3 is 70.7 Å². The van der Waals surface area contributed by atoms with Crippen molar-refractivity contribution in [3.63, 3.8) is 0 Å². The fraction of sp³-hybridized carbons (Fsp3) is 0.531. The molecule has 9 rings (SSSR count). The second-order valence-electron chi connectivity index (χ2n) is 15.8. The molecule has 380 valence electrons. The number of aliphatic hydroxyl groups is 3. The first-order chi connectivity index (χ1) is 33.0. The van der Waals surface area contributed by atoms with Crippen LogP contribution in [-0.2, 0) is 55.3 Å². The Morgan fingerprint density at radius 2 is 1.09 bits per heavy atom. The van der Waals surface area contributed by atoms with Gasteiger partial charge in [0.15, 0.2) is 52.5 Å². The lowest BCUT2D eigenvalue weighted by Crippen LogP contribution is -2.38. The number of H-pyrrole nitrogens is 2. The molecule has 0 amide bonds. The number of phosphoric acid groups is 2. The van der Waals surface area contributed by atoms with Gasteiger partial charge in [0.1, 0.15) is 66.8 Å². The molecule has 0 bridgehead atoms. The van der Waals surface area contributed by atoms with Crippen molar-refractivity contribution in [3.05, 3.63) is 46.0 Å². The van der Waals surface area contributed by atoms with E-state index in [9.17, 15) is 53.3 Å². The molecule has 6 unspecified atom stereocenters. The van der Waals surface area contributed by atoms with Crippen LogP contribution in [0.25, 0.3) is 33.5 Å². The van der Waals surface area contributed by atoms with Crippen molar-refractivity contribution >= 4 is 74.4 Å². The fourth-order valence-electron chi connectivity index (χ4n) is 7.98. The van der Waals surface area contributed by atoms with Crippen LogP contribution in [-0.4, -0.2) is 177 Å². The van der Waals surface area contributed by atoms with Crippen molar-refractivity contribution in [1.82, 2.24) is 58.6 Å². The first-order valence-corrected chi connectivity index (χ1v) is 25.2. The topological polar surface area (TPSA) is 504 Å². The molecular formula is C32H42N15O20P3. The number of nitrogen functional groups attached to an aromatic ring is 3. The largest absolute Gasteiger partial charge is 0.472 e. The van der Waals surface area contributed by atoms with Crippen LogP contribution in [0.15, 0.2) is 34.9 Å². The van der Waals surface area contributed by atoms with E-state index in [1.165, 1.54) is 18.0 Å². The Morgan fingerprint density at radius 1 is 0.614 bits per heavy atom. The molecule has 70 heavy (non-hydrogen) atoms. The van der Waals surface area contributed by atoms with Gasteiger partial charge in [-0.1, -0.05) is 0 Å². The third-order valence-electron chi connectivity index (χ3n) is 11.1. The normalized spacial score (nSPS) is 30.9. The minimum Gasteiger partial charge on any atom is -0.387 e. The van der Waals surface area contributed by atoms with Gasteiger partial charge in [0.25, 0.3) is 11.1 Å². The monoisotopic (exact) mass is 1050 g/mol. The number of aromatic nitrogens is 12. The van der Waals surface area contributed by atoms with Crippen LogP contribution in [0, 0.1) is 0 Å². The first kappa shape index (κ1) is 49.7. The molecule has 0 aromatic carbocycles. The van der Waals surface area contributed by atoms with E-state index in [0.29, 0.717) is 0 Å². The average Bonchev–Trinajstić information content (AvgIpc) is 4.14. The molecule has 6 aromatic rings. The minimum absolute atomic E-state index is 0.00671. The maximum absolute atomic E-state index is 13.9. The summed E-state index contributed by atoms with van der Waals surface area (Å²) in [4.78, 5) is 89.8. The lowest BCUT2D eigenvalue weighted by atomic mass is 10.1. The van der Waals surface area contributed by atoms with Crippen LogP contribution in [0.2, 0.25) is 0 Å². The predicted octanol–water partition coefficient (Wildman–Crippen LogP) is -3.53. The van der Waals surface area contributed by atoms with Crippen LogP contribution in [0.3, 0.4) is 0 Å². The number of methoxy groups -OCH3 is 1. The third-order valence-corrected chi connectivity index (χ3v) is 13.7. The van der Waals surface area contributed by atoms with Crippen LogP contribution < -0.4 is 28.3 Å². The first-order valence-electron chi connectivity index (χ1n) is 20.2. The van der Waals surface area contributed by atoms with E-state index in [4.69, 9.17) is 58.8 Å². The van der Waals surface area contributed by atoms with Crippen molar-refractivity contribution in [2.24, 2.45) is 0 Å². The molecule has 0 spiro atoms. The number of aliphatic hydroxyl groups excluding tert-OH is 3. The van der Waals surface area contributed by atoms with Gasteiger partial charge in [-0.15, -0.1) is 0 Å². The van der Waals surface area contributed by atoms with Gasteiger partial charge in [-0.3, -0.25) is 55.9 Å². The van der Waals surface area contributed by atoms with Crippen LogP contribution in [0.4, 0.5) is 17.7 Å². The van der Waals surface area contributed by atoms with Gasteiger partial charge in [-0.25, -0.2) is 34.0 Å². The van der Waals surface area contributed by atoms with Crippen molar-refractivity contribution < 1.29 is 85.3 Å². The van der Waals surface area contributed by atoms with Gasteiger partial charge in [0, 0.05) is 13.8 Å². The van der Waals surface area contributed by atoms with Gasteiger partial charge in [0.05, 0.1) is 38.8 Å². The molecular weight excluding hydrogens is 1010 g/mol. The molecule has 0 saturated carbocycles. The van der Waals surface area contributed by atoms with Crippen molar-refractivity contribution in [3.8, 4) is 0 Å². The quantitative estimate of drug-likeness (QED) is 0.0394. The van der Waals surface area contributed by atoms with Crippen LogP contribution in [0.5, 0.6) is 0 Å². The van der Waals surface area contributed by atoms with E-state index in [-0.39, 0.29) is 51.2 Å². The number of nitrogens with two attached hydrogens (primary N) is 3. The van der Waals surface area contributed by atoms with Gasteiger partial charge in [-0.2, -0.15) is 9.97 Å². The van der Waals surface area contributed by atoms with Crippen LogP contribution in [0.1, 0.15) is 18.7 Å². The number of hydrogen-bond acceptors (Lipinski definition) is 27. The van der Waals surface area contributed by atoms with E-state index in [0.717, 1.165) is 34.8 Å². The highest BCUT2D eigenvalue weighted by Gasteiger charge is 2.54. The Kier molecular flexibility index (Phi) is 13.3. The number of nitrogens with zero attached hydrogens (tertiary/aromatic N) is 10. The second-order valence-corrected chi connectivity index (χ2v) is 20.4. The molecule has 3 aliphatic heterocycles. The van der Waals surface area contributed by atoms with E-state index in [1.54, 1.807) is 0 Å². The highest BCUT2D eigenvalue weighted by atomic mass is 31.2. The summed E-state index contributed by atoms with van der Waals surface area (Å²) in [6, 6.07) is 0. The summed E-state index contributed by atoms with van der Waals surface area (Å²) in [5, 5.41) is 33.4. The summed E-state index contributed by atoms with van der Waals surface area (Å²) in [5.74, 6) is -0.667. The van der Waals surface area contributed by atoms with E-state index in [1.807, 2.05) is 0 Å². The summed E-state index contributed by atoms with van der Waals surface area (Å²) in [6.07, 6.45) is -15.4. The number of rotatable bonds is 17. The van der Waals surface area contributed by atoms with Crippen molar-refractivity contribution in [1.29, 1.82) is 0 Å². The fourth-order valence-corrected chi connectivity index (χ4v) is 10.3. The zero-order valence-corrected chi connectivity index (χ0v) is 38.5. The van der Waals surface area contributed by atoms with E-state index in [2.05, 4.69) is 44.9 Å². The molecule has 0 aliphatic carbocycles. The molecule has 38 heteroatoms. The Balaban J connectivity index is 0.945. The van der Waals surface area contributed by atoms with Crippen molar-refractivity contribution in [2.45, 2.75) is 73.6 Å². The third kappa shape index (κ3) is 9.61. The van der Waals surface area contributed by atoms with Gasteiger partial charge >= 0.3 is 23.2 Å². The molecule has 0 radical (unpaired) electrons. The number of aromatic amines is 2. The molecule has 3 saturated heterocycles. The molecule has 9 heterocycles. The number of fused-ring (bicyclic) bond motifs is 3. The number of nitrogens with one attached hydrogen (secondary N) is 2. The number of imidazole rings is 3. The summed E-state index contributed by atoms with van der Waals surface area (Å²) >= 11 is 0. The summed E-state index contributed by atoms with van der Waals surface area (Å²) < 4.78 is 93.1. The number of anilines is 3. The maximum atomic E-state index is 13.9. The zero-order chi connectivity index (χ0) is 50.2. The van der Waals surface area contributed by atoms with Crippen molar-refractivity contribution in [2.75, 3.05) is 50.8 Å². The molecule has 35 nitrogen and oxygen atoms in total. The molecule has 6 aromatic heterocycles. The number of hydrogen-bond donors (Lipinski definition) is 11. The number of phosphoric ester groups is 2. The second kappa shape index (κ2) is 18.7. The Labute approximate surface area is 388 Å². The summed E-state index contributed by atoms with van der Waals surface area (Å²) in [5.41, 5.74) is 15.3. The zero-order valence-electron chi connectivity index (χ0n) is 35.8. The number of ether oxygens (including phenoxy) is 4. The Bertz CT molecular complexity index is 3200. The lowest BCUT2D eigenvalue weighted by molar-refractivity contribution is -0.0617. The summed E-state index contributed by atoms with van der Waals surface area (Å²) in [6.45, 7) is -1.87. The highest BCUT2D eigenvalue weighted by Crippen LogP contribution is 2.53. The standard InChI is InChI=1S/C32H42N15O20P3/c1-59-21-20(12(4-60-68(2,53)54)65-30(21)45-7-38-13-22(33)36-6-37-23(13)45)67-70(57,58)62-5-11-19(18(50)29(64-11)47-9-40-15-25(47)42-32(35)44-27(15)52)66-69(55,56)61-3-10-16(48)17(49)28(63-10)46-8-39-14-24(46)41-31(34)43-26(14)51/h6-12,16-21,28-30,48-50H,3-5H2,1-2H3,(H,53,54)(H,55,56)(H,57,58)(H2,33,36,37)(H3,34,41,43,51)(H3,35,42,44,52)/t10-,11-,12-,16+,17?,18?,19+,20+,21?,28-,29-,30-/m1/s1.